The summed E-state index contributed by atoms with van der Waals surface area (Å²) in [5.41, 5.74) is 6.59. The van der Waals surface area contributed by atoms with Crippen LogP contribution in [0.25, 0.3) is 0 Å². The Bertz CT molecular complexity index is 423. The van der Waals surface area contributed by atoms with Crippen molar-refractivity contribution in [1.29, 1.82) is 0 Å². The zero-order valence-electron chi connectivity index (χ0n) is 9.74. The highest BCUT2D eigenvalue weighted by atomic mass is 19.3. The minimum absolute atomic E-state index is 0.0475. The Morgan fingerprint density at radius 3 is 2.71 bits per heavy atom. The minimum Gasteiger partial charge on any atom is -0.395 e. The van der Waals surface area contributed by atoms with Gasteiger partial charge in [0, 0.05) is 11.6 Å². The molecule has 1 unspecified atom stereocenters. The molecule has 1 aromatic carbocycles. The van der Waals surface area contributed by atoms with E-state index < -0.39 is 6.29 Å². The molecule has 0 amide bonds. The van der Waals surface area contributed by atoms with Crippen molar-refractivity contribution < 1.29 is 18.3 Å². The van der Waals surface area contributed by atoms with E-state index in [-0.39, 0.29) is 23.5 Å². The lowest BCUT2D eigenvalue weighted by Gasteiger charge is -2.19. The van der Waals surface area contributed by atoms with Gasteiger partial charge in [0.15, 0.2) is 11.5 Å². The van der Waals surface area contributed by atoms with Crippen LogP contribution < -0.4 is 15.2 Å². The van der Waals surface area contributed by atoms with E-state index in [1.54, 1.807) is 12.1 Å². The summed E-state index contributed by atoms with van der Waals surface area (Å²) in [7, 11) is 0. The third-order valence-corrected chi connectivity index (χ3v) is 3.08. The third kappa shape index (κ3) is 2.20. The summed E-state index contributed by atoms with van der Waals surface area (Å²) in [6.45, 7) is 3.97. The molecule has 0 radical (unpaired) electrons. The maximum atomic E-state index is 13.0. The first kappa shape index (κ1) is 12.1. The van der Waals surface area contributed by atoms with E-state index in [1.807, 2.05) is 13.8 Å². The summed E-state index contributed by atoms with van der Waals surface area (Å²) in [5.74, 6) is 0.288. The number of nitrogens with two attached hydrogens (primary N) is 1. The average molecular weight is 243 g/mol. The van der Waals surface area contributed by atoms with Gasteiger partial charge in [-0.05, 0) is 12.0 Å². The van der Waals surface area contributed by atoms with Crippen LogP contribution >= 0.6 is 0 Å². The molecular weight excluding hydrogens is 228 g/mol. The molecule has 2 atom stereocenters. The van der Waals surface area contributed by atoms with Gasteiger partial charge in [0.1, 0.15) is 0 Å². The largest absolute Gasteiger partial charge is 0.586 e. The van der Waals surface area contributed by atoms with E-state index in [0.717, 1.165) is 6.42 Å². The van der Waals surface area contributed by atoms with Crippen LogP contribution in [0.15, 0.2) is 18.2 Å². The Balaban J connectivity index is 2.36. The van der Waals surface area contributed by atoms with E-state index in [2.05, 4.69) is 9.47 Å². The van der Waals surface area contributed by atoms with Gasteiger partial charge in [0.2, 0.25) is 0 Å². The van der Waals surface area contributed by atoms with Gasteiger partial charge in [-0.15, -0.1) is 8.78 Å². The molecule has 0 aromatic heterocycles. The summed E-state index contributed by atoms with van der Waals surface area (Å²) in [4.78, 5) is 0. The highest BCUT2D eigenvalue weighted by molar-refractivity contribution is 5.50. The second-order valence-electron chi connectivity index (χ2n) is 4.25. The molecule has 1 aliphatic rings. The molecular formula is C12H15F2NO2. The van der Waals surface area contributed by atoms with Gasteiger partial charge < -0.3 is 15.2 Å². The van der Waals surface area contributed by atoms with Crippen LogP contribution in [0.2, 0.25) is 0 Å². The molecule has 1 heterocycles. The molecule has 1 aromatic rings. The van der Waals surface area contributed by atoms with Crippen LogP contribution in [0.4, 0.5) is 8.78 Å². The maximum absolute atomic E-state index is 13.0. The molecule has 5 heteroatoms. The van der Waals surface area contributed by atoms with Gasteiger partial charge in [-0.2, -0.15) is 0 Å². The van der Waals surface area contributed by atoms with Crippen LogP contribution in [0, 0.1) is 5.92 Å². The molecule has 0 saturated carbocycles. The Kier molecular flexibility index (Phi) is 2.95. The third-order valence-electron chi connectivity index (χ3n) is 3.08. The predicted octanol–water partition coefficient (Wildman–Crippen LogP) is 3.05. The lowest BCUT2D eigenvalue weighted by atomic mass is 9.92. The highest BCUT2D eigenvalue weighted by Crippen LogP contribution is 2.45. The van der Waals surface area contributed by atoms with E-state index in [4.69, 9.17) is 5.73 Å². The van der Waals surface area contributed by atoms with Crippen molar-refractivity contribution in [3.8, 4) is 11.5 Å². The highest BCUT2D eigenvalue weighted by Gasteiger charge is 2.45. The van der Waals surface area contributed by atoms with Crippen LogP contribution in [-0.4, -0.2) is 6.29 Å². The lowest BCUT2D eigenvalue weighted by Crippen LogP contribution is -2.26. The minimum atomic E-state index is -3.59. The number of halogens is 2. The van der Waals surface area contributed by atoms with E-state index in [1.165, 1.54) is 6.07 Å². The molecule has 0 fully saturated rings. The van der Waals surface area contributed by atoms with Crippen LogP contribution in [-0.2, 0) is 0 Å². The van der Waals surface area contributed by atoms with Crippen molar-refractivity contribution in [1.82, 2.24) is 0 Å². The lowest BCUT2D eigenvalue weighted by molar-refractivity contribution is -0.287. The smallest absolute Gasteiger partial charge is 0.395 e. The number of benzene rings is 1. The molecule has 0 bridgehead atoms. The molecule has 0 saturated heterocycles. The topological polar surface area (TPSA) is 44.5 Å². The number of hydrogen-bond acceptors (Lipinski definition) is 3. The average Bonchev–Trinajstić information content (AvgIpc) is 2.60. The van der Waals surface area contributed by atoms with Crippen molar-refractivity contribution in [3.05, 3.63) is 23.8 Å². The molecule has 0 aliphatic carbocycles. The number of rotatable bonds is 3. The number of alkyl halides is 2. The fraction of sp³-hybridized carbons (Fsp3) is 0.500. The molecule has 2 rings (SSSR count). The number of hydrogen-bond donors (Lipinski definition) is 1. The van der Waals surface area contributed by atoms with Gasteiger partial charge in [-0.25, -0.2) is 0 Å². The van der Waals surface area contributed by atoms with E-state index in [9.17, 15) is 8.78 Å². The first-order chi connectivity index (χ1) is 7.94. The van der Waals surface area contributed by atoms with Crippen LogP contribution in [0.1, 0.15) is 31.9 Å². The fourth-order valence-electron chi connectivity index (χ4n) is 1.81. The van der Waals surface area contributed by atoms with Gasteiger partial charge in [0.25, 0.3) is 0 Å². The number of ether oxygens (including phenoxy) is 2. The molecule has 2 N–H and O–H groups in total. The van der Waals surface area contributed by atoms with Crippen molar-refractivity contribution in [3.63, 3.8) is 0 Å². The zero-order chi connectivity index (χ0) is 12.6. The first-order valence-corrected chi connectivity index (χ1v) is 5.59. The summed E-state index contributed by atoms with van der Waals surface area (Å²) in [5, 5.41) is 0. The second kappa shape index (κ2) is 4.14. The predicted molar refractivity (Wildman–Crippen MR) is 59.0 cm³/mol. The summed E-state index contributed by atoms with van der Waals surface area (Å²) in [6, 6.07) is 4.44. The Labute approximate surface area is 98.5 Å². The molecule has 94 valence electrons. The van der Waals surface area contributed by atoms with Gasteiger partial charge >= 0.3 is 6.29 Å². The Morgan fingerprint density at radius 1 is 1.35 bits per heavy atom. The van der Waals surface area contributed by atoms with Crippen molar-refractivity contribution in [2.24, 2.45) is 11.7 Å². The monoisotopic (exact) mass is 243 g/mol. The van der Waals surface area contributed by atoms with Crippen molar-refractivity contribution >= 4 is 0 Å². The maximum Gasteiger partial charge on any atom is 0.586 e. The van der Waals surface area contributed by atoms with Gasteiger partial charge in [-0.3, -0.25) is 0 Å². The zero-order valence-corrected chi connectivity index (χ0v) is 9.74. The van der Waals surface area contributed by atoms with Crippen LogP contribution in [0.5, 0.6) is 11.5 Å². The second-order valence-corrected chi connectivity index (χ2v) is 4.25. The quantitative estimate of drug-likeness (QED) is 0.887. The summed E-state index contributed by atoms with van der Waals surface area (Å²) in [6.07, 6.45) is -2.73. The molecule has 0 spiro atoms. The normalized spacial score (nSPS) is 20.1. The SMILES string of the molecule is CCC(C)[C@@H](N)c1cccc2c1OC(F)(F)O2. The van der Waals surface area contributed by atoms with Crippen LogP contribution in [0.3, 0.4) is 0 Å². The van der Waals surface area contributed by atoms with Crippen molar-refractivity contribution in [2.75, 3.05) is 0 Å². The first-order valence-electron chi connectivity index (χ1n) is 5.59. The van der Waals surface area contributed by atoms with Gasteiger partial charge in [-0.1, -0.05) is 32.4 Å². The van der Waals surface area contributed by atoms with Crippen molar-refractivity contribution in [2.45, 2.75) is 32.6 Å². The Hall–Kier alpha value is -1.36. The van der Waals surface area contributed by atoms with E-state index >= 15 is 0 Å². The number of para-hydroxylation sites is 1. The summed E-state index contributed by atoms with van der Waals surface area (Å²) < 4.78 is 34.8. The molecule has 3 nitrogen and oxygen atoms in total. The standard InChI is InChI=1S/C12H15F2NO2/c1-3-7(2)10(15)8-5-4-6-9-11(8)17-12(13,14)16-9/h4-7,10H,3,15H2,1-2H3/t7?,10-/m1/s1. The summed E-state index contributed by atoms with van der Waals surface area (Å²) >= 11 is 0. The number of fused-ring (bicyclic) bond motifs is 1. The van der Waals surface area contributed by atoms with E-state index in [0.29, 0.717) is 5.56 Å². The molecule has 1 aliphatic heterocycles. The van der Waals surface area contributed by atoms with Gasteiger partial charge in [0.05, 0.1) is 0 Å². The fourth-order valence-corrected chi connectivity index (χ4v) is 1.81. The Morgan fingerprint density at radius 2 is 2.06 bits per heavy atom. The molecule has 17 heavy (non-hydrogen) atoms.